The predicted octanol–water partition coefficient (Wildman–Crippen LogP) is 1.18. The summed E-state index contributed by atoms with van der Waals surface area (Å²) in [6.07, 6.45) is 0. The molecule has 0 aliphatic rings. The van der Waals surface area contributed by atoms with E-state index in [-0.39, 0.29) is 12.5 Å². The van der Waals surface area contributed by atoms with Gasteiger partial charge in [-0.1, -0.05) is 24.4 Å². The maximum absolute atomic E-state index is 11.4. The van der Waals surface area contributed by atoms with E-state index in [4.69, 9.17) is 18.0 Å². The highest BCUT2D eigenvalue weighted by atomic mass is 32.1. The number of aryl methyl sites for hydroxylation is 1. The van der Waals surface area contributed by atoms with Crippen LogP contribution in [0.1, 0.15) is 18.1 Å². The van der Waals surface area contributed by atoms with E-state index in [1.54, 1.807) is 0 Å². The van der Waals surface area contributed by atoms with E-state index in [0.29, 0.717) is 11.5 Å². The van der Waals surface area contributed by atoms with Gasteiger partial charge in [-0.15, -0.1) is 0 Å². The molecular weight excluding hydrogens is 234 g/mol. The molecule has 0 radical (unpaired) electrons. The number of para-hydroxylation sites is 1. The largest absolute Gasteiger partial charge is 0.389 e. The van der Waals surface area contributed by atoms with Gasteiger partial charge in [0.1, 0.15) is 4.99 Å². The van der Waals surface area contributed by atoms with Crippen molar-refractivity contribution < 1.29 is 4.79 Å². The molecule has 0 bridgehead atoms. The number of rotatable bonds is 5. The number of likely N-dealkylation sites (N-methyl/N-ethyl adjacent to an activating group) is 1. The first-order valence-electron chi connectivity index (χ1n) is 5.46. The first-order valence-corrected chi connectivity index (χ1v) is 5.87. The number of carbonyl (C=O) groups is 1. The zero-order chi connectivity index (χ0) is 12.8. The van der Waals surface area contributed by atoms with E-state index in [2.05, 4.69) is 10.6 Å². The topological polar surface area (TPSA) is 67.2 Å². The van der Waals surface area contributed by atoms with E-state index in [1.807, 2.05) is 32.0 Å². The SMILES string of the molecule is CCNC(=O)CNc1c(C)cccc1C(N)=S. The number of nitrogens with one attached hydrogen (secondary N) is 2. The Morgan fingerprint density at radius 2 is 2.18 bits per heavy atom. The molecule has 0 saturated carbocycles. The monoisotopic (exact) mass is 251 g/mol. The third-order valence-electron chi connectivity index (χ3n) is 2.34. The zero-order valence-corrected chi connectivity index (χ0v) is 10.9. The molecule has 0 fully saturated rings. The summed E-state index contributed by atoms with van der Waals surface area (Å²) in [5.74, 6) is -0.0513. The van der Waals surface area contributed by atoms with Crippen molar-refractivity contribution in [2.45, 2.75) is 13.8 Å². The normalized spacial score (nSPS) is 9.76. The van der Waals surface area contributed by atoms with Crippen molar-refractivity contribution in [3.63, 3.8) is 0 Å². The quantitative estimate of drug-likeness (QED) is 0.687. The van der Waals surface area contributed by atoms with Gasteiger partial charge < -0.3 is 16.4 Å². The van der Waals surface area contributed by atoms with Crippen LogP contribution in [0.3, 0.4) is 0 Å². The molecule has 0 spiro atoms. The fourth-order valence-electron chi connectivity index (χ4n) is 1.54. The van der Waals surface area contributed by atoms with Gasteiger partial charge >= 0.3 is 0 Å². The van der Waals surface area contributed by atoms with Gasteiger partial charge in [0, 0.05) is 17.8 Å². The summed E-state index contributed by atoms with van der Waals surface area (Å²) in [7, 11) is 0. The van der Waals surface area contributed by atoms with Crippen molar-refractivity contribution in [2.24, 2.45) is 5.73 Å². The molecule has 92 valence electrons. The molecule has 0 heterocycles. The summed E-state index contributed by atoms with van der Waals surface area (Å²) in [6, 6.07) is 5.68. The number of anilines is 1. The lowest BCUT2D eigenvalue weighted by Crippen LogP contribution is -2.30. The number of amides is 1. The van der Waals surface area contributed by atoms with Crippen molar-refractivity contribution in [2.75, 3.05) is 18.4 Å². The van der Waals surface area contributed by atoms with Crippen LogP contribution in [0, 0.1) is 6.92 Å². The lowest BCUT2D eigenvalue weighted by atomic mass is 10.1. The Kier molecular flexibility index (Phi) is 4.90. The highest BCUT2D eigenvalue weighted by Crippen LogP contribution is 2.20. The number of benzene rings is 1. The average molecular weight is 251 g/mol. The van der Waals surface area contributed by atoms with Crippen molar-refractivity contribution in [3.8, 4) is 0 Å². The molecule has 17 heavy (non-hydrogen) atoms. The Balaban J connectivity index is 2.82. The molecule has 0 atom stereocenters. The molecule has 0 saturated heterocycles. The highest BCUT2D eigenvalue weighted by Gasteiger charge is 2.08. The Bertz CT molecular complexity index is 432. The standard InChI is InChI=1S/C12H17N3OS/c1-3-14-10(16)7-15-11-8(2)5-4-6-9(11)12(13)17/h4-6,15H,3,7H2,1-2H3,(H2,13,17)(H,14,16). The van der Waals surface area contributed by atoms with Gasteiger partial charge in [-0.05, 0) is 25.5 Å². The Morgan fingerprint density at radius 3 is 2.76 bits per heavy atom. The van der Waals surface area contributed by atoms with Crippen LogP contribution in [0.4, 0.5) is 5.69 Å². The van der Waals surface area contributed by atoms with Crippen LogP contribution in [0.25, 0.3) is 0 Å². The molecule has 0 aliphatic heterocycles. The van der Waals surface area contributed by atoms with Gasteiger partial charge in [0.15, 0.2) is 0 Å². The van der Waals surface area contributed by atoms with Gasteiger partial charge in [0.2, 0.25) is 5.91 Å². The van der Waals surface area contributed by atoms with E-state index in [9.17, 15) is 4.79 Å². The third-order valence-corrected chi connectivity index (χ3v) is 2.56. The number of thiocarbonyl (C=S) groups is 1. The number of nitrogens with two attached hydrogens (primary N) is 1. The number of carbonyl (C=O) groups excluding carboxylic acids is 1. The van der Waals surface area contributed by atoms with Crippen LogP contribution in [-0.2, 0) is 4.79 Å². The van der Waals surface area contributed by atoms with Crippen LogP contribution in [0.15, 0.2) is 18.2 Å². The lowest BCUT2D eigenvalue weighted by molar-refractivity contribution is -0.119. The Morgan fingerprint density at radius 1 is 1.47 bits per heavy atom. The molecule has 1 aromatic rings. The molecule has 5 heteroatoms. The summed E-state index contributed by atoms with van der Waals surface area (Å²) < 4.78 is 0. The Hall–Kier alpha value is -1.62. The lowest BCUT2D eigenvalue weighted by Gasteiger charge is -2.13. The van der Waals surface area contributed by atoms with Gasteiger partial charge in [-0.3, -0.25) is 4.79 Å². The van der Waals surface area contributed by atoms with Crippen LogP contribution >= 0.6 is 12.2 Å². The molecule has 1 rings (SSSR count). The smallest absolute Gasteiger partial charge is 0.239 e. The highest BCUT2D eigenvalue weighted by molar-refractivity contribution is 7.80. The second-order valence-corrected chi connectivity index (χ2v) is 4.11. The minimum absolute atomic E-state index is 0.0513. The fraction of sp³-hybridized carbons (Fsp3) is 0.333. The van der Waals surface area contributed by atoms with Gasteiger partial charge in [0.25, 0.3) is 0 Å². The molecule has 4 nitrogen and oxygen atoms in total. The Labute approximate surface area is 107 Å². The van der Waals surface area contributed by atoms with Gasteiger partial charge in [-0.25, -0.2) is 0 Å². The van der Waals surface area contributed by atoms with Crippen LogP contribution < -0.4 is 16.4 Å². The maximum Gasteiger partial charge on any atom is 0.239 e. The van der Waals surface area contributed by atoms with Crippen molar-refractivity contribution >= 4 is 28.8 Å². The van der Waals surface area contributed by atoms with Crippen molar-refractivity contribution in [1.82, 2.24) is 5.32 Å². The molecule has 4 N–H and O–H groups in total. The summed E-state index contributed by atoms with van der Waals surface area (Å²) in [4.78, 5) is 11.7. The van der Waals surface area contributed by atoms with Crippen molar-refractivity contribution in [1.29, 1.82) is 0 Å². The minimum atomic E-state index is -0.0513. The average Bonchev–Trinajstić information content (AvgIpc) is 2.27. The molecular formula is C12H17N3OS. The van der Waals surface area contributed by atoms with Gasteiger partial charge in [0.05, 0.1) is 6.54 Å². The van der Waals surface area contributed by atoms with E-state index < -0.39 is 0 Å². The summed E-state index contributed by atoms with van der Waals surface area (Å²) in [6.45, 7) is 4.67. The zero-order valence-electron chi connectivity index (χ0n) is 10.0. The minimum Gasteiger partial charge on any atom is -0.389 e. The van der Waals surface area contributed by atoms with Gasteiger partial charge in [-0.2, -0.15) is 0 Å². The molecule has 1 amide bonds. The van der Waals surface area contributed by atoms with E-state index in [0.717, 1.165) is 16.8 Å². The number of hydrogen-bond acceptors (Lipinski definition) is 3. The summed E-state index contributed by atoms with van der Waals surface area (Å²) in [5.41, 5.74) is 8.25. The predicted molar refractivity (Wildman–Crippen MR) is 74.2 cm³/mol. The summed E-state index contributed by atoms with van der Waals surface area (Å²) >= 11 is 4.98. The molecule has 0 unspecified atom stereocenters. The number of hydrogen-bond donors (Lipinski definition) is 3. The van der Waals surface area contributed by atoms with E-state index in [1.165, 1.54) is 0 Å². The van der Waals surface area contributed by atoms with Crippen LogP contribution in [-0.4, -0.2) is 24.0 Å². The van der Waals surface area contributed by atoms with Crippen LogP contribution in [0.2, 0.25) is 0 Å². The summed E-state index contributed by atoms with van der Waals surface area (Å²) in [5, 5.41) is 5.79. The second-order valence-electron chi connectivity index (χ2n) is 3.67. The first-order chi connectivity index (χ1) is 8.06. The maximum atomic E-state index is 11.4. The molecule has 0 aromatic heterocycles. The fourth-order valence-corrected chi connectivity index (χ4v) is 1.71. The third kappa shape index (κ3) is 3.71. The molecule has 1 aromatic carbocycles. The first kappa shape index (κ1) is 13.4. The second kappa shape index (κ2) is 6.20. The van der Waals surface area contributed by atoms with E-state index >= 15 is 0 Å². The van der Waals surface area contributed by atoms with Crippen LogP contribution in [0.5, 0.6) is 0 Å². The molecule has 0 aliphatic carbocycles. The van der Waals surface area contributed by atoms with Crippen molar-refractivity contribution in [3.05, 3.63) is 29.3 Å².